The van der Waals surface area contributed by atoms with Gasteiger partial charge in [0.05, 0.1) is 5.52 Å². The number of hydrazine groups is 1. The minimum Gasteiger partial charge on any atom is -0.382 e. The number of benzene rings is 3. The number of hydrogen-bond donors (Lipinski definition) is 4. The van der Waals surface area contributed by atoms with Gasteiger partial charge in [-0.25, -0.2) is 9.99 Å². The molecule has 1 amide bonds. The zero-order valence-electron chi connectivity index (χ0n) is 21.6. The summed E-state index contributed by atoms with van der Waals surface area (Å²) < 4.78 is 1.42. The van der Waals surface area contributed by atoms with Crippen LogP contribution in [0, 0.1) is 6.92 Å². The summed E-state index contributed by atoms with van der Waals surface area (Å²) in [6.07, 6.45) is 1.59. The molecule has 0 spiro atoms. The van der Waals surface area contributed by atoms with Gasteiger partial charge in [0.2, 0.25) is 11.7 Å². The fraction of sp³-hybridized carbons (Fsp3) is 0.172. The minimum absolute atomic E-state index is 0.127. The summed E-state index contributed by atoms with van der Waals surface area (Å²) >= 11 is 0. The predicted molar refractivity (Wildman–Crippen MR) is 151 cm³/mol. The van der Waals surface area contributed by atoms with Crippen molar-refractivity contribution in [2.45, 2.75) is 33.1 Å². The molecule has 10 heteroatoms. The van der Waals surface area contributed by atoms with Crippen LogP contribution < -0.4 is 22.0 Å². The first-order chi connectivity index (χ1) is 19.0. The third-order valence-corrected chi connectivity index (χ3v) is 6.40. The van der Waals surface area contributed by atoms with Gasteiger partial charge in [-0.1, -0.05) is 66.7 Å². The van der Waals surface area contributed by atoms with Gasteiger partial charge in [0, 0.05) is 36.9 Å². The van der Waals surface area contributed by atoms with Crippen molar-refractivity contribution in [1.29, 1.82) is 0 Å². The fourth-order valence-electron chi connectivity index (χ4n) is 4.33. The first-order valence-corrected chi connectivity index (χ1v) is 12.6. The molecule has 3 aromatic carbocycles. The van der Waals surface area contributed by atoms with E-state index in [0.717, 1.165) is 27.6 Å². The number of aryl methyl sites for hydroxylation is 1. The predicted octanol–water partition coefficient (Wildman–Crippen LogP) is 3.36. The Hall–Kier alpha value is -4.96. The van der Waals surface area contributed by atoms with E-state index in [9.17, 15) is 9.59 Å². The molecule has 10 nitrogen and oxygen atoms in total. The highest BCUT2D eigenvalue weighted by Gasteiger charge is 2.15. The summed E-state index contributed by atoms with van der Waals surface area (Å²) in [7, 11) is 0. The molecule has 0 atom stereocenters. The monoisotopic (exact) mass is 522 g/mol. The first-order valence-electron chi connectivity index (χ1n) is 12.6. The zero-order valence-corrected chi connectivity index (χ0v) is 21.6. The highest BCUT2D eigenvalue weighted by molar-refractivity contribution is 5.89. The quantitative estimate of drug-likeness (QED) is 0.207. The number of aromatic amines is 1. The molecule has 0 saturated carbocycles. The van der Waals surface area contributed by atoms with E-state index in [1.165, 1.54) is 4.57 Å². The van der Waals surface area contributed by atoms with Crippen molar-refractivity contribution in [3.8, 4) is 0 Å². The van der Waals surface area contributed by atoms with Gasteiger partial charge in [-0.05, 0) is 35.7 Å². The molecule has 5 rings (SSSR count). The van der Waals surface area contributed by atoms with E-state index in [1.54, 1.807) is 13.1 Å². The molecule has 0 fully saturated rings. The van der Waals surface area contributed by atoms with Crippen molar-refractivity contribution < 1.29 is 4.79 Å². The second-order valence-corrected chi connectivity index (χ2v) is 9.34. The number of carbonyl (C=O) groups excluding carboxylic acids is 1. The van der Waals surface area contributed by atoms with Gasteiger partial charge in [0.25, 0.3) is 5.56 Å². The van der Waals surface area contributed by atoms with Crippen LogP contribution in [-0.2, 0) is 31.0 Å². The molecule has 0 saturated heterocycles. The van der Waals surface area contributed by atoms with E-state index in [2.05, 4.69) is 25.9 Å². The number of nitrogens with two attached hydrogens (primary N) is 1. The summed E-state index contributed by atoms with van der Waals surface area (Å²) in [5.41, 5.74) is 13.1. The smallest absolute Gasteiger partial charge is 0.295 e. The number of aromatic nitrogens is 4. The van der Waals surface area contributed by atoms with Crippen LogP contribution in [-0.4, -0.2) is 30.7 Å². The van der Waals surface area contributed by atoms with Gasteiger partial charge in [0.15, 0.2) is 5.82 Å². The van der Waals surface area contributed by atoms with Gasteiger partial charge < -0.3 is 11.1 Å². The number of carbonyl (C=O) groups is 1. The van der Waals surface area contributed by atoms with Crippen LogP contribution in [0.15, 0.2) is 89.9 Å². The Morgan fingerprint density at radius 2 is 1.64 bits per heavy atom. The largest absolute Gasteiger partial charge is 0.382 e. The van der Waals surface area contributed by atoms with Crippen molar-refractivity contribution in [3.63, 3.8) is 0 Å². The molecule has 0 aliphatic carbocycles. The van der Waals surface area contributed by atoms with Crippen molar-refractivity contribution >= 4 is 28.4 Å². The van der Waals surface area contributed by atoms with Crippen LogP contribution in [0.4, 0.5) is 11.6 Å². The van der Waals surface area contributed by atoms with Crippen LogP contribution >= 0.6 is 0 Å². The Labute approximate surface area is 225 Å². The average Bonchev–Trinajstić information content (AvgIpc) is 3.32. The van der Waals surface area contributed by atoms with Crippen molar-refractivity contribution in [1.82, 2.24) is 30.1 Å². The molecule has 2 aromatic heterocycles. The van der Waals surface area contributed by atoms with Crippen molar-refractivity contribution in [2.24, 2.45) is 0 Å². The molecule has 39 heavy (non-hydrogen) atoms. The number of H-pyrrole nitrogens is 1. The summed E-state index contributed by atoms with van der Waals surface area (Å²) in [6, 6.07) is 25.6. The van der Waals surface area contributed by atoms with E-state index in [1.807, 2.05) is 83.9 Å². The number of fused-ring (bicyclic) bond motifs is 1. The van der Waals surface area contributed by atoms with E-state index < -0.39 is 0 Å². The van der Waals surface area contributed by atoms with Gasteiger partial charge in [0.1, 0.15) is 6.54 Å². The second kappa shape index (κ2) is 11.6. The normalized spacial score (nSPS) is 11.1. The van der Waals surface area contributed by atoms with Crippen LogP contribution in [0.1, 0.15) is 22.4 Å². The van der Waals surface area contributed by atoms with Crippen LogP contribution in [0.3, 0.4) is 0 Å². The SMILES string of the molecule is Cc1cnc(NN(Cc2ccccc2)Cc2ccccc2)c(=O)n1CC(=O)NCc1ccc2c(N)n[nH]c2c1. The number of amides is 1. The second-order valence-electron chi connectivity index (χ2n) is 9.34. The maximum absolute atomic E-state index is 13.4. The topological polar surface area (TPSA) is 134 Å². The van der Waals surface area contributed by atoms with Gasteiger partial charge >= 0.3 is 0 Å². The van der Waals surface area contributed by atoms with Gasteiger partial charge in [-0.3, -0.25) is 24.7 Å². The number of hydrogen-bond acceptors (Lipinski definition) is 7. The Morgan fingerprint density at radius 1 is 0.974 bits per heavy atom. The fourth-order valence-corrected chi connectivity index (χ4v) is 4.33. The lowest BCUT2D eigenvalue weighted by Gasteiger charge is -2.24. The van der Waals surface area contributed by atoms with Gasteiger partial charge in [-0.15, -0.1) is 0 Å². The van der Waals surface area contributed by atoms with E-state index in [-0.39, 0.29) is 23.8 Å². The lowest BCUT2D eigenvalue weighted by Crippen LogP contribution is -2.37. The zero-order chi connectivity index (χ0) is 27.2. The van der Waals surface area contributed by atoms with Crippen LogP contribution in [0.25, 0.3) is 10.9 Å². The first kappa shape index (κ1) is 25.7. The highest BCUT2D eigenvalue weighted by atomic mass is 16.2. The molecule has 0 radical (unpaired) electrons. The Bertz CT molecular complexity index is 1590. The number of nitrogens with zero attached hydrogens (tertiary/aromatic N) is 4. The third-order valence-electron chi connectivity index (χ3n) is 6.40. The van der Waals surface area contributed by atoms with E-state index >= 15 is 0 Å². The summed E-state index contributed by atoms with van der Waals surface area (Å²) in [5.74, 6) is 0.304. The number of nitrogens with one attached hydrogen (secondary N) is 3. The molecule has 198 valence electrons. The summed E-state index contributed by atoms with van der Waals surface area (Å²) in [6.45, 7) is 3.04. The van der Waals surface area contributed by atoms with E-state index in [4.69, 9.17) is 5.73 Å². The lowest BCUT2D eigenvalue weighted by atomic mass is 10.1. The molecule has 0 aliphatic rings. The highest BCUT2D eigenvalue weighted by Crippen LogP contribution is 2.18. The molecule has 5 aromatic rings. The minimum atomic E-state index is -0.370. The van der Waals surface area contributed by atoms with Gasteiger partial charge in [-0.2, -0.15) is 5.10 Å². The molecule has 5 N–H and O–H groups in total. The summed E-state index contributed by atoms with van der Waals surface area (Å²) in [5, 5.41) is 12.5. The average molecular weight is 523 g/mol. The standard InChI is InChI=1S/C29H30N8O2/c1-20-15-32-28(35-36(17-21-8-4-2-5-9-21)18-22-10-6-3-7-11-22)29(39)37(20)19-26(38)31-16-23-12-13-24-25(14-23)33-34-27(24)30/h2-15H,16-19H2,1H3,(H,31,38)(H,32,35)(H3,30,33,34). The molecule has 0 aliphatic heterocycles. The maximum Gasteiger partial charge on any atom is 0.295 e. The Balaban J connectivity index is 1.29. The van der Waals surface area contributed by atoms with Crippen molar-refractivity contribution in [2.75, 3.05) is 11.2 Å². The number of rotatable bonds is 10. The molecule has 0 bridgehead atoms. The maximum atomic E-state index is 13.4. The number of nitrogen functional groups attached to an aromatic ring is 1. The van der Waals surface area contributed by atoms with Crippen molar-refractivity contribution in [3.05, 3.63) is 118 Å². The molecular formula is C29H30N8O2. The number of anilines is 2. The molecular weight excluding hydrogens is 492 g/mol. The Kier molecular flexibility index (Phi) is 7.65. The Morgan fingerprint density at radius 3 is 2.31 bits per heavy atom. The lowest BCUT2D eigenvalue weighted by molar-refractivity contribution is -0.121. The molecule has 0 unspecified atom stereocenters. The molecule has 2 heterocycles. The van der Waals surface area contributed by atoms with Crippen LogP contribution in [0.5, 0.6) is 0 Å². The van der Waals surface area contributed by atoms with E-state index in [0.29, 0.717) is 31.1 Å². The third kappa shape index (κ3) is 6.31. The summed E-state index contributed by atoms with van der Waals surface area (Å²) in [4.78, 5) is 30.6. The van der Waals surface area contributed by atoms with Crippen LogP contribution in [0.2, 0.25) is 0 Å².